The number of amides is 1. The Kier molecular flexibility index (Phi) is 4.48. The Morgan fingerprint density at radius 1 is 1.43 bits per heavy atom. The van der Waals surface area contributed by atoms with Gasteiger partial charge in [0.2, 0.25) is 0 Å². The summed E-state index contributed by atoms with van der Waals surface area (Å²) in [5, 5.41) is 6.26. The molecule has 2 bridgehead atoms. The number of carbonyl (C=O) groups is 1. The third-order valence-electron chi connectivity index (χ3n) is 4.85. The second kappa shape index (κ2) is 6.34. The topological polar surface area (TPSA) is 54.0 Å². The van der Waals surface area contributed by atoms with Gasteiger partial charge in [0.05, 0.1) is 5.56 Å². The van der Waals surface area contributed by atoms with Gasteiger partial charge in [-0.05, 0) is 65.9 Å². The van der Waals surface area contributed by atoms with Crippen LogP contribution in [0.4, 0.5) is 5.82 Å². The lowest BCUT2D eigenvalue weighted by molar-refractivity contribution is 0.0942. The zero-order valence-corrected chi connectivity index (χ0v) is 13.9. The van der Waals surface area contributed by atoms with Crippen molar-refractivity contribution in [3.63, 3.8) is 0 Å². The van der Waals surface area contributed by atoms with E-state index in [-0.39, 0.29) is 5.91 Å². The van der Waals surface area contributed by atoms with Gasteiger partial charge in [-0.1, -0.05) is 6.42 Å². The summed E-state index contributed by atoms with van der Waals surface area (Å²) in [6, 6.07) is 1.83. The van der Waals surface area contributed by atoms with Gasteiger partial charge in [0, 0.05) is 23.8 Å². The van der Waals surface area contributed by atoms with Gasteiger partial charge < -0.3 is 10.6 Å². The molecule has 3 atom stereocenters. The van der Waals surface area contributed by atoms with Gasteiger partial charge in [-0.3, -0.25) is 4.79 Å². The molecule has 1 aromatic rings. The van der Waals surface area contributed by atoms with Crippen molar-refractivity contribution in [3.8, 4) is 0 Å². The first kappa shape index (κ1) is 14.8. The molecule has 0 aliphatic heterocycles. The summed E-state index contributed by atoms with van der Waals surface area (Å²) in [5.74, 6) is 3.06. The summed E-state index contributed by atoms with van der Waals surface area (Å²) in [4.78, 5) is 16.7. The van der Waals surface area contributed by atoms with Crippen LogP contribution >= 0.6 is 15.9 Å². The van der Waals surface area contributed by atoms with E-state index in [2.05, 4.69) is 31.5 Å². The Bertz CT molecular complexity index is 534. The molecule has 0 saturated heterocycles. The Morgan fingerprint density at radius 3 is 2.95 bits per heavy atom. The van der Waals surface area contributed by atoms with Crippen LogP contribution in [-0.4, -0.2) is 24.0 Å². The van der Waals surface area contributed by atoms with Gasteiger partial charge in [0.15, 0.2) is 0 Å². The molecule has 2 aliphatic rings. The number of hydrogen-bond donors (Lipinski definition) is 2. The molecule has 21 heavy (non-hydrogen) atoms. The number of carbonyl (C=O) groups excluding carboxylic acids is 1. The van der Waals surface area contributed by atoms with Crippen LogP contribution in [0, 0.1) is 17.8 Å². The molecule has 1 amide bonds. The molecule has 5 heteroatoms. The van der Waals surface area contributed by atoms with E-state index in [1.54, 1.807) is 6.20 Å². The molecule has 2 aliphatic carbocycles. The molecule has 1 heterocycles. The molecule has 0 spiro atoms. The smallest absolute Gasteiger partial charge is 0.255 e. The number of nitrogens with zero attached hydrogens (tertiary/aromatic N) is 1. The van der Waals surface area contributed by atoms with Crippen LogP contribution in [-0.2, 0) is 0 Å². The molecule has 0 radical (unpaired) electrons. The molecule has 1 aromatic heterocycles. The minimum atomic E-state index is -0.0254. The number of fused-ring (bicyclic) bond motifs is 2. The number of pyridine rings is 1. The highest BCUT2D eigenvalue weighted by Crippen LogP contribution is 2.47. The minimum Gasteiger partial charge on any atom is -0.370 e. The van der Waals surface area contributed by atoms with E-state index < -0.39 is 0 Å². The maximum Gasteiger partial charge on any atom is 0.255 e. The fraction of sp³-hybridized carbons (Fsp3) is 0.625. The van der Waals surface area contributed by atoms with Crippen molar-refractivity contribution in [1.82, 2.24) is 10.3 Å². The van der Waals surface area contributed by atoms with E-state index in [1.807, 2.05) is 13.0 Å². The number of nitrogens with one attached hydrogen (secondary N) is 2. The number of rotatable bonds is 5. The van der Waals surface area contributed by atoms with Gasteiger partial charge in [0.25, 0.3) is 5.91 Å². The summed E-state index contributed by atoms with van der Waals surface area (Å²) in [5.41, 5.74) is 0.620. The molecule has 2 saturated carbocycles. The van der Waals surface area contributed by atoms with Crippen molar-refractivity contribution < 1.29 is 4.79 Å². The first-order valence-corrected chi connectivity index (χ1v) is 8.64. The fourth-order valence-electron chi connectivity index (χ4n) is 3.87. The second-order valence-electron chi connectivity index (χ2n) is 6.22. The van der Waals surface area contributed by atoms with E-state index in [0.717, 1.165) is 29.4 Å². The van der Waals surface area contributed by atoms with Crippen molar-refractivity contribution in [2.75, 3.05) is 18.4 Å². The standard InChI is InChI=1S/C16H22BrN3O/c1-2-18-15-14(7-13(17)9-19-15)16(21)20-8-12-6-10-3-4-11(12)5-10/h7,9-12H,2-6,8H2,1H3,(H,18,19)(H,20,21). The number of halogens is 1. The predicted molar refractivity (Wildman–Crippen MR) is 87.4 cm³/mol. The van der Waals surface area contributed by atoms with Crippen LogP contribution in [0.2, 0.25) is 0 Å². The average Bonchev–Trinajstić information content (AvgIpc) is 3.09. The zero-order chi connectivity index (χ0) is 14.8. The highest BCUT2D eigenvalue weighted by molar-refractivity contribution is 9.10. The molecule has 2 fully saturated rings. The van der Waals surface area contributed by atoms with E-state index in [9.17, 15) is 4.79 Å². The molecule has 3 unspecified atom stereocenters. The van der Waals surface area contributed by atoms with Gasteiger partial charge in [-0.25, -0.2) is 4.98 Å². The summed E-state index contributed by atoms with van der Waals surface area (Å²) >= 11 is 3.39. The van der Waals surface area contributed by atoms with Crippen molar-refractivity contribution in [3.05, 3.63) is 22.3 Å². The minimum absolute atomic E-state index is 0.0254. The van der Waals surface area contributed by atoms with Gasteiger partial charge in [-0.2, -0.15) is 0 Å². The van der Waals surface area contributed by atoms with Crippen LogP contribution in [0.1, 0.15) is 43.0 Å². The lowest BCUT2D eigenvalue weighted by atomic mass is 9.89. The van der Waals surface area contributed by atoms with Crippen LogP contribution in [0.15, 0.2) is 16.7 Å². The van der Waals surface area contributed by atoms with Crippen LogP contribution in [0.5, 0.6) is 0 Å². The monoisotopic (exact) mass is 351 g/mol. The molecule has 2 N–H and O–H groups in total. The first-order valence-electron chi connectivity index (χ1n) is 7.85. The molecule has 4 nitrogen and oxygen atoms in total. The quantitative estimate of drug-likeness (QED) is 0.854. The first-order chi connectivity index (χ1) is 10.2. The third-order valence-corrected chi connectivity index (χ3v) is 5.29. The van der Waals surface area contributed by atoms with Gasteiger partial charge >= 0.3 is 0 Å². The van der Waals surface area contributed by atoms with Crippen molar-refractivity contribution in [1.29, 1.82) is 0 Å². The highest BCUT2D eigenvalue weighted by atomic mass is 79.9. The lowest BCUT2D eigenvalue weighted by Gasteiger charge is -2.22. The van der Waals surface area contributed by atoms with E-state index in [1.165, 1.54) is 25.7 Å². The van der Waals surface area contributed by atoms with Crippen LogP contribution in [0.25, 0.3) is 0 Å². The number of anilines is 1. The third kappa shape index (κ3) is 3.23. The van der Waals surface area contributed by atoms with Crippen LogP contribution in [0.3, 0.4) is 0 Å². The number of hydrogen-bond acceptors (Lipinski definition) is 3. The summed E-state index contributed by atoms with van der Waals surface area (Å²) < 4.78 is 0.828. The highest BCUT2D eigenvalue weighted by Gasteiger charge is 2.39. The van der Waals surface area contributed by atoms with E-state index >= 15 is 0 Å². The molecule has 3 rings (SSSR count). The van der Waals surface area contributed by atoms with Crippen molar-refractivity contribution in [2.45, 2.75) is 32.6 Å². The Labute approximate surface area is 134 Å². The Hall–Kier alpha value is -1.10. The maximum atomic E-state index is 12.4. The molecular weight excluding hydrogens is 330 g/mol. The lowest BCUT2D eigenvalue weighted by Crippen LogP contribution is -2.32. The second-order valence-corrected chi connectivity index (χ2v) is 7.14. The average molecular weight is 352 g/mol. The Morgan fingerprint density at radius 2 is 2.29 bits per heavy atom. The number of aromatic nitrogens is 1. The molecule has 114 valence electrons. The summed E-state index contributed by atoms with van der Waals surface area (Å²) in [7, 11) is 0. The van der Waals surface area contributed by atoms with Crippen molar-refractivity contribution >= 4 is 27.7 Å². The maximum absolute atomic E-state index is 12.4. The van der Waals surface area contributed by atoms with Crippen LogP contribution < -0.4 is 10.6 Å². The summed E-state index contributed by atoms with van der Waals surface area (Å²) in [6.07, 6.45) is 7.13. The molecule has 0 aromatic carbocycles. The molecular formula is C16H22BrN3O. The van der Waals surface area contributed by atoms with Gasteiger partial charge in [-0.15, -0.1) is 0 Å². The summed E-state index contributed by atoms with van der Waals surface area (Å²) in [6.45, 7) is 3.56. The van der Waals surface area contributed by atoms with E-state index in [0.29, 0.717) is 17.3 Å². The Balaban J connectivity index is 1.63. The van der Waals surface area contributed by atoms with Crippen molar-refractivity contribution in [2.24, 2.45) is 17.8 Å². The normalized spacial score (nSPS) is 26.9. The zero-order valence-electron chi connectivity index (χ0n) is 12.4. The predicted octanol–water partition coefficient (Wildman–Crippen LogP) is 3.44. The SMILES string of the molecule is CCNc1ncc(Br)cc1C(=O)NCC1CC2CCC1C2. The van der Waals surface area contributed by atoms with E-state index in [4.69, 9.17) is 0 Å². The largest absolute Gasteiger partial charge is 0.370 e. The van der Waals surface area contributed by atoms with Gasteiger partial charge in [0.1, 0.15) is 5.82 Å². The fourth-order valence-corrected chi connectivity index (χ4v) is 4.20.